The summed E-state index contributed by atoms with van der Waals surface area (Å²) < 4.78 is 45.0. The quantitative estimate of drug-likeness (QED) is 0.0344. The molecule has 0 rings (SSSR count). The minimum Gasteiger partial charge on any atom is -0.381 e. The molecule has 0 saturated carbocycles. The molecule has 0 fully saturated rings. The van der Waals surface area contributed by atoms with Gasteiger partial charge in [-0.1, -0.05) is 20.5 Å². The number of Topliss-reactive ketones (excluding diaryl/α,β-unsaturated/α-hetero) is 1. The van der Waals surface area contributed by atoms with E-state index in [-0.39, 0.29) is 201 Å². The fraction of sp³-hybridized carbons (Fsp3) is 0.882. The summed E-state index contributed by atoms with van der Waals surface area (Å²) in [5, 5.41) is 21.6. The molecule has 0 unspecified atom stereocenters. The number of carbonyl (C=O) groups is 4. The van der Waals surface area contributed by atoms with E-state index in [9.17, 15) is 19.2 Å². The number of ketones is 1. The van der Waals surface area contributed by atoms with Gasteiger partial charge in [-0.05, 0) is 28.5 Å². The molecule has 344 valence electrons. The van der Waals surface area contributed by atoms with Crippen molar-refractivity contribution in [2.75, 3.05) is 152 Å². The molecule has 0 aliphatic carbocycles. The highest BCUT2D eigenvalue weighted by Gasteiger charge is 2.33. The van der Waals surface area contributed by atoms with Gasteiger partial charge in [0.2, 0.25) is 17.7 Å². The maximum atomic E-state index is 12.5. The highest BCUT2D eigenvalue weighted by Crippen LogP contribution is 2.22. The monoisotopic (exact) mass is 871 g/mol. The number of carbonyl (C=O) groups excluding carboxylic acids is 4. The first-order valence-electron chi connectivity index (χ1n) is 19.8. The van der Waals surface area contributed by atoms with Gasteiger partial charge in [0.25, 0.3) is 0 Å². The molecule has 3 N–H and O–H groups in total. The number of nitrogens with one attached hydrogen (secondary N) is 3. The van der Waals surface area contributed by atoms with Crippen molar-refractivity contribution >= 4 is 23.5 Å². The molecule has 27 nitrogen and oxygen atoms in total. The summed E-state index contributed by atoms with van der Waals surface area (Å²) >= 11 is 0. The molecule has 0 aromatic rings. The van der Waals surface area contributed by atoms with Gasteiger partial charge in [-0.3, -0.25) is 19.2 Å². The van der Waals surface area contributed by atoms with Crippen LogP contribution < -0.4 is 16.0 Å². The van der Waals surface area contributed by atoms with Crippen LogP contribution in [0.3, 0.4) is 0 Å². The number of hydrogen-bond donors (Lipinski definition) is 3. The third-order valence-corrected chi connectivity index (χ3v) is 7.62. The first-order valence-corrected chi connectivity index (χ1v) is 19.8. The van der Waals surface area contributed by atoms with E-state index < -0.39 is 5.41 Å². The predicted octanol–water partition coefficient (Wildman–Crippen LogP) is 2.61. The lowest BCUT2D eigenvalue weighted by Crippen LogP contribution is -2.43. The SMILES string of the molecule is [N-]=[N+]=NCCOCCCC(=O)CCOCC(COCCC(=O)NCCOCCN=[N+]=[N-])(COCCC(=O)NCCOCCN=[N+]=[N-])COCCC(=O)NCCOCCN=[N+]=[N-]. The lowest BCUT2D eigenvalue weighted by Gasteiger charge is -2.33. The Morgan fingerprint density at radius 3 is 1.03 bits per heavy atom. The van der Waals surface area contributed by atoms with E-state index >= 15 is 0 Å². The summed E-state index contributed by atoms with van der Waals surface area (Å²) in [6, 6.07) is 0. The predicted molar refractivity (Wildman–Crippen MR) is 217 cm³/mol. The van der Waals surface area contributed by atoms with Crippen LogP contribution in [-0.4, -0.2) is 175 Å². The first-order chi connectivity index (χ1) is 29.8. The van der Waals surface area contributed by atoms with E-state index in [0.717, 1.165) is 0 Å². The van der Waals surface area contributed by atoms with Crippen molar-refractivity contribution in [3.63, 3.8) is 0 Å². The molecule has 27 heteroatoms. The zero-order valence-corrected chi connectivity index (χ0v) is 34.8. The van der Waals surface area contributed by atoms with Crippen molar-refractivity contribution in [3.8, 4) is 0 Å². The van der Waals surface area contributed by atoms with Gasteiger partial charge in [-0.2, -0.15) is 0 Å². The van der Waals surface area contributed by atoms with Gasteiger partial charge >= 0.3 is 0 Å². The number of ether oxygens (including phenoxy) is 8. The Morgan fingerprint density at radius 2 is 0.705 bits per heavy atom. The standard InChI is InChI=1S/C34H61N15O12/c35-46-42-10-22-54-14-1-2-30(50)3-15-58-26-34(27-59-16-4-31(51)39-7-19-55-23-11-43-47-36,28-60-17-5-32(52)40-8-20-56-24-12-44-48-37)29-61-18-6-33(53)41-9-21-57-25-13-45-49-38/h1-29H2,(H,39,51)(H,40,52)(H,41,53). The first kappa shape index (κ1) is 56.0. The van der Waals surface area contributed by atoms with Crippen molar-refractivity contribution in [1.82, 2.24) is 16.0 Å². The van der Waals surface area contributed by atoms with Crippen LogP contribution in [0.1, 0.15) is 38.5 Å². The van der Waals surface area contributed by atoms with E-state index in [1.807, 2.05) is 0 Å². The molecular formula is C34H61N15O12. The summed E-state index contributed by atoms with van der Waals surface area (Å²) in [6.45, 7) is 3.56. The highest BCUT2D eigenvalue weighted by atomic mass is 16.5. The smallest absolute Gasteiger partial charge is 0.222 e. The largest absolute Gasteiger partial charge is 0.381 e. The van der Waals surface area contributed by atoms with Gasteiger partial charge in [-0.25, -0.2) is 0 Å². The summed E-state index contributed by atoms with van der Waals surface area (Å²) in [4.78, 5) is 60.3. The molecule has 0 atom stereocenters. The zero-order valence-electron chi connectivity index (χ0n) is 34.8. The molecule has 0 spiro atoms. The topological polar surface area (TPSA) is 373 Å². The normalized spacial score (nSPS) is 11.5. The van der Waals surface area contributed by atoms with E-state index in [1.165, 1.54) is 0 Å². The van der Waals surface area contributed by atoms with Gasteiger partial charge in [0, 0.05) is 104 Å². The second kappa shape index (κ2) is 43.1. The van der Waals surface area contributed by atoms with Crippen molar-refractivity contribution in [3.05, 3.63) is 41.8 Å². The van der Waals surface area contributed by atoms with Gasteiger partial charge < -0.3 is 53.8 Å². The molecule has 0 radical (unpaired) electrons. The van der Waals surface area contributed by atoms with Crippen LogP contribution in [0.25, 0.3) is 41.8 Å². The third-order valence-electron chi connectivity index (χ3n) is 7.62. The fourth-order valence-electron chi connectivity index (χ4n) is 4.64. The van der Waals surface area contributed by atoms with Crippen LogP contribution in [0, 0.1) is 5.41 Å². The van der Waals surface area contributed by atoms with Gasteiger partial charge in [0.05, 0.1) is 105 Å². The number of amides is 3. The molecule has 0 saturated heterocycles. The second-order valence-corrected chi connectivity index (χ2v) is 12.7. The number of hydrogen-bond acceptors (Lipinski definition) is 16. The zero-order chi connectivity index (χ0) is 44.8. The maximum Gasteiger partial charge on any atom is 0.222 e. The molecule has 0 bridgehead atoms. The van der Waals surface area contributed by atoms with Crippen LogP contribution >= 0.6 is 0 Å². The Bertz CT molecular complexity index is 1180. The second-order valence-electron chi connectivity index (χ2n) is 12.7. The Kier molecular flexibility index (Phi) is 39.6. The minimum absolute atomic E-state index is 0.000941. The summed E-state index contributed by atoms with van der Waals surface area (Å²) in [5.41, 5.74) is 32.3. The van der Waals surface area contributed by atoms with Crippen LogP contribution in [0.4, 0.5) is 0 Å². The van der Waals surface area contributed by atoms with E-state index in [0.29, 0.717) is 13.0 Å². The third kappa shape index (κ3) is 38.9. The molecule has 0 aliphatic rings. The van der Waals surface area contributed by atoms with E-state index in [1.54, 1.807) is 0 Å². The van der Waals surface area contributed by atoms with E-state index in [4.69, 9.17) is 60.0 Å². The Labute approximate surface area is 354 Å². The molecule has 0 aromatic carbocycles. The van der Waals surface area contributed by atoms with Gasteiger partial charge in [0.1, 0.15) is 5.78 Å². The van der Waals surface area contributed by atoms with Crippen molar-refractivity contribution in [2.24, 2.45) is 25.9 Å². The highest BCUT2D eigenvalue weighted by molar-refractivity contribution is 5.78. The molecule has 0 aromatic heterocycles. The van der Waals surface area contributed by atoms with Crippen molar-refractivity contribution < 1.29 is 57.1 Å². The van der Waals surface area contributed by atoms with Gasteiger partial charge in [-0.15, -0.1) is 0 Å². The van der Waals surface area contributed by atoms with E-state index in [2.05, 4.69) is 56.1 Å². The Balaban J connectivity index is 5.41. The van der Waals surface area contributed by atoms with Gasteiger partial charge in [0.15, 0.2) is 0 Å². The van der Waals surface area contributed by atoms with Crippen LogP contribution in [-0.2, 0) is 57.1 Å². The Hall–Kier alpha value is -5.00. The Morgan fingerprint density at radius 1 is 0.393 bits per heavy atom. The molecule has 61 heavy (non-hydrogen) atoms. The maximum absolute atomic E-state index is 12.5. The van der Waals surface area contributed by atoms with Crippen LogP contribution in [0.15, 0.2) is 20.5 Å². The molecule has 3 amide bonds. The lowest BCUT2D eigenvalue weighted by atomic mass is 9.92. The molecular weight excluding hydrogens is 810 g/mol. The lowest BCUT2D eigenvalue weighted by molar-refractivity contribution is -0.128. The molecule has 0 aliphatic heterocycles. The van der Waals surface area contributed by atoms with Crippen molar-refractivity contribution in [1.29, 1.82) is 0 Å². The average Bonchev–Trinajstić information content (AvgIpc) is 3.25. The van der Waals surface area contributed by atoms with Crippen molar-refractivity contribution in [2.45, 2.75) is 38.5 Å². The average molecular weight is 872 g/mol. The summed E-state index contributed by atoms with van der Waals surface area (Å²) in [7, 11) is 0. The van der Waals surface area contributed by atoms with Crippen LogP contribution in [0.5, 0.6) is 0 Å². The number of nitrogens with zero attached hydrogens (tertiary/aromatic N) is 12. The number of azide groups is 4. The summed E-state index contributed by atoms with van der Waals surface area (Å²) in [5.74, 6) is -0.899. The van der Waals surface area contributed by atoms with Crippen LogP contribution in [0.2, 0.25) is 0 Å². The number of rotatable bonds is 45. The minimum atomic E-state index is -0.995. The fourth-order valence-corrected chi connectivity index (χ4v) is 4.64. The summed E-state index contributed by atoms with van der Waals surface area (Å²) in [6.07, 6.45) is 0.938. The molecule has 0 heterocycles.